The molecule has 0 aromatic heterocycles. The summed E-state index contributed by atoms with van der Waals surface area (Å²) in [5.74, 6) is -2.23. The molecule has 1 aliphatic rings. The minimum Gasteiger partial charge on any atom is -0.340 e. The fourth-order valence-electron chi connectivity index (χ4n) is 2.20. The van der Waals surface area contributed by atoms with Crippen LogP contribution in [0.5, 0.6) is 0 Å². The lowest BCUT2D eigenvalue weighted by Crippen LogP contribution is -2.67. The van der Waals surface area contributed by atoms with Crippen LogP contribution in [0, 0.1) is 18.6 Å². The SMILES string of the molecule is Cc1cc(F)c(N2C(=O)C(C)(C)NC(=O)C2C)cc1F. The van der Waals surface area contributed by atoms with E-state index in [1.165, 1.54) is 27.7 Å². The average Bonchev–Trinajstić information content (AvgIpc) is 2.33. The van der Waals surface area contributed by atoms with E-state index in [0.29, 0.717) is 0 Å². The molecule has 1 atom stereocenters. The molecule has 108 valence electrons. The molecule has 0 bridgehead atoms. The molecule has 4 nitrogen and oxygen atoms in total. The fourth-order valence-corrected chi connectivity index (χ4v) is 2.20. The number of benzene rings is 1. The Morgan fingerprint density at radius 2 is 1.80 bits per heavy atom. The Kier molecular flexibility index (Phi) is 3.28. The van der Waals surface area contributed by atoms with Crippen molar-refractivity contribution >= 4 is 17.5 Å². The van der Waals surface area contributed by atoms with Crippen LogP contribution in [0.4, 0.5) is 14.5 Å². The summed E-state index contributed by atoms with van der Waals surface area (Å²) in [5.41, 5.74) is -1.22. The molecular formula is C14H16F2N2O2. The molecular weight excluding hydrogens is 266 g/mol. The summed E-state index contributed by atoms with van der Waals surface area (Å²) < 4.78 is 27.7. The monoisotopic (exact) mass is 282 g/mol. The van der Waals surface area contributed by atoms with Gasteiger partial charge in [-0.25, -0.2) is 8.78 Å². The van der Waals surface area contributed by atoms with Gasteiger partial charge in [-0.2, -0.15) is 0 Å². The molecule has 1 heterocycles. The molecule has 1 N–H and O–H groups in total. The predicted molar refractivity (Wildman–Crippen MR) is 70.3 cm³/mol. The largest absolute Gasteiger partial charge is 0.340 e. The molecule has 1 unspecified atom stereocenters. The molecule has 1 aromatic rings. The van der Waals surface area contributed by atoms with Crippen LogP contribution in [-0.4, -0.2) is 23.4 Å². The molecule has 0 aliphatic carbocycles. The van der Waals surface area contributed by atoms with Gasteiger partial charge in [0, 0.05) is 6.07 Å². The number of carbonyl (C=O) groups excluding carboxylic acids is 2. The van der Waals surface area contributed by atoms with E-state index in [0.717, 1.165) is 17.0 Å². The van der Waals surface area contributed by atoms with Crippen LogP contribution in [-0.2, 0) is 9.59 Å². The highest BCUT2D eigenvalue weighted by atomic mass is 19.1. The Morgan fingerprint density at radius 1 is 1.20 bits per heavy atom. The maximum Gasteiger partial charge on any atom is 0.252 e. The van der Waals surface area contributed by atoms with Crippen LogP contribution < -0.4 is 10.2 Å². The maximum absolute atomic E-state index is 14.0. The van der Waals surface area contributed by atoms with Gasteiger partial charge in [-0.1, -0.05) is 0 Å². The standard InChI is InChI=1S/C14H16F2N2O2/c1-7-5-10(16)11(6-9(7)15)18-8(2)12(19)17-14(3,4)13(18)20/h5-6,8H,1-4H3,(H,17,19). The summed E-state index contributed by atoms with van der Waals surface area (Å²) in [6.45, 7) is 5.95. The van der Waals surface area contributed by atoms with E-state index in [1.807, 2.05) is 0 Å². The zero-order chi connectivity index (χ0) is 15.2. The van der Waals surface area contributed by atoms with Crippen LogP contribution >= 0.6 is 0 Å². The quantitative estimate of drug-likeness (QED) is 0.855. The van der Waals surface area contributed by atoms with Crippen LogP contribution in [0.3, 0.4) is 0 Å². The Labute approximate surface area is 115 Å². The Morgan fingerprint density at radius 3 is 2.40 bits per heavy atom. The summed E-state index contributed by atoms with van der Waals surface area (Å²) in [5, 5.41) is 2.55. The Hall–Kier alpha value is -1.98. The van der Waals surface area contributed by atoms with Gasteiger partial charge in [0.1, 0.15) is 23.2 Å². The average molecular weight is 282 g/mol. The maximum atomic E-state index is 14.0. The van der Waals surface area contributed by atoms with Crippen LogP contribution in [0.15, 0.2) is 12.1 Å². The van der Waals surface area contributed by atoms with Crippen LogP contribution in [0.25, 0.3) is 0 Å². The third kappa shape index (κ3) is 2.15. The van der Waals surface area contributed by atoms with Crippen molar-refractivity contribution in [3.8, 4) is 0 Å². The summed E-state index contributed by atoms with van der Waals surface area (Å²) in [7, 11) is 0. The first-order valence-corrected chi connectivity index (χ1v) is 6.26. The van der Waals surface area contributed by atoms with Crippen molar-refractivity contribution in [2.75, 3.05) is 4.90 Å². The molecule has 6 heteroatoms. The highest BCUT2D eigenvalue weighted by Gasteiger charge is 2.44. The first kappa shape index (κ1) is 14.4. The number of nitrogens with one attached hydrogen (secondary N) is 1. The normalized spacial score (nSPS) is 21.9. The van der Waals surface area contributed by atoms with Gasteiger partial charge in [-0.15, -0.1) is 0 Å². The smallest absolute Gasteiger partial charge is 0.252 e. The number of aryl methyl sites for hydroxylation is 1. The van der Waals surface area contributed by atoms with Crippen molar-refractivity contribution in [2.45, 2.75) is 39.3 Å². The molecule has 2 amide bonds. The van der Waals surface area contributed by atoms with Crippen molar-refractivity contribution < 1.29 is 18.4 Å². The molecule has 2 rings (SSSR count). The summed E-state index contributed by atoms with van der Waals surface area (Å²) >= 11 is 0. The van der Waals surface area contributed by atoms with Gasteiger partial charge < -0.3 is 5.32 Å². The number of anilines is 1. The van der Waals surface area contributed by atoms with Gasteiger partial charge in [-0.3, -0.25) is 14.5 Å². The number of hydrogen-bond acceptors (Lipinski definition) is 2. The number of rotatable bonds is 1. The molecule has 1 aromatic carbocycles. The summed E-state index contributed by atoms with van der Waals surface area (Å²) in [6.07, 6.45) is 0. The number of nitrogens with zero attached hydrogens (tertiary/aromatic N) is 1. The van der Waals surface area contributed by atoms with Crippen LogP contribution in [0.1, 0.15) is 26.3 Å². The molecule has 0 saturated carbocycles. The molecule has 1 fully saturated rings. The first-order chi connectivity index (χ1) is 9.15. The highest BCUT2D eigenvalue weighted by Crippen LogP contribution is 2.29. The lowest BCUT2D eigenvalue weighted by Gasteiger charge is -2.41. The van der Waals surface area contributed by atoms with Gasteiger partial charge in [0.15, 0.2) is 0 Å². The number of carbonyl (C=O) groups is 2. The molecule has 1 saturated heterocycles. The number of hydrogen-bond donors (Lipinski definition) is 1. The Bertz CT molecular complexity index is 599. The molecule has 20 heavy (non-hydrogen) atoms. The van der Waals surface area contributed by atoms with E-state index in [1.54, 1.807) is 0 Å². The van der Waals surface area contributed by atoms with E-state index in [-0.39, 0.29) is 11.3 Å². The minimum absolute atomic E-state index is 0.145. The van der Waals surface area contributed by atoms with E-state index in [4.69, 9.17) is 0 Å². The lowest BCUT2D eigenvalue weighted by molar-refractivity contribution is -0.136. The lowest BCUT2D eigenvalue weighted by atomic mass is 9.96. The summed E-state index contributed by atoms with van der Waals surface area (Å²) in [4.78, 5) is 25.3. The van der Waals surface area contributed by atoms with E-state index in [2.05, 4.69) is 5.32 Å². The van der Waals surface area contributed by atoms with Crippen molar-refractivity contribution in [1.29, 1.82) is 0 Å². The van der Waals surface area contributed by atoms with Crippen molar-refractivity contribution in [3.63, 3.8) is 0 Å². The second-order valence-corrected chi connectivity index (χ2v) is 5.52. The van der Waals surface area contributed by atoms with E-state index >= 15 is 0 Å². The van der Waals surface area contributed by atoms with Crippen molar-refractivity contribution in [1.82, 2.24) is 5.32 Å². The first-order valence-electron chi connectivity index (χ1n) is 6.26. The van der Waals surface area contributed by atoms with Crippen LogP contribution in [0.2, 0.25) is 0 Å². The van der Waals surface area contributed by atoms with E-state index < -0.39 is 35.0 Å². The van der Waals surface area contributed by atoms with Gasteiger partial charge in [0.05, 0.1) is 5.69 Å². The van der Waals surface area contributed by atoms with E-state index in [9.17, 15) is 18.4 Å². The van der Waals surface area contributed by atoms with Crippen molar-refractivity contribution in [2.24, 2.45) is 0 Å². The number of piperazine rings is 1. The molecule has 0 radical (unpaired) electrons. The summed E-state index contributed by atoms with van der Waals surface area (Å²) in [6, 6.07) is 1.07. The van der Waals surface area contributed by atoms with Crippen molar-refractivity contribution in [3.05, 3.63) is 29.3 Å². The second kappa shape index (κ2) is 4.54. The van der Waals surface area contributed by atoms with Gasteiger partial charge >= 0.3 is 0 Å². The fraction of sp³-hybridized carbons (Fsp3) is 0.429. The van der Waals surface area contributed by atoms with Gasteiger partial charge in [0.2, 0.25) is 5.91 Å². The van der Waals surface area contributed by atoms with Gasteiger partial charge in [0.25, 0.3) is 5.91 Å². The zero-order valence-electron chi connectivity index (χ0n) is 11.8. The predicted octanol–water partition coefficient (Wildman–Crippen LogP) is 1.90. The third-order valence-corrected chi connectivity index (χ3v) is 3.44. The number of halogens is 2. The number of amides is 2. The highest BCUT2D eigenvalue weighted by molar-refractivity contribution is 6.10. The molecule has 1 aliphatic heterocycles. The zero-order valence-corrected chi connectivity index (χ0v) is 11.8. The second-order valence-electron chi connectivity index (χ2n) is 5.52. The Balaban J connectivity index is 2.57. The minimum atomic E-state index is -1.16. The molecule has 0 spiro atoms. The topological polar surface area (TPSA) is 49.4 Å². The van der Waals surface area contributed by atoms with Gasteiger partial charge in [-0.05, 0) is 39.3 Å². The third-order valence-electron chi connectivity index (χ3n) is 3.44.